The lowest BCUT2D eigenvalue weighted by molar-refractivity contribution is -0.0213. The Labute approximate surface area is 122 Å². The largest absolute Gasteiger partial charge is 0.389 e. The van der Waals surface area contributed by atoms with E-state index in [0.29, 0.717) is 12.5 Å². The van der Waals surface area contributed by atoms with Crippen molar-refractivity contribution in [3.63, 3.8) is 0 Å². The van der Waals surface area contributed by atoms with Crippen LogP contribution in [0.3, 0.4) is 0 Å². The smallest absolute Gasteiger partial charge is 0.0728 e. The molecule has 0 radical (unpaired) electrons. The molecule has 1 aromatic heterocycles. The molecule has 0 spiro atoms. The van der Waals surface area contributed by atoms with Crippen LogP contribution in [0.5, 0.6) is 0 Å². The summed E-state index contributed by atoms with van der Waals surface area (Å²) in [6.45, 7) is 9.73. The van der Waals surface area contributed by atoms with Gasteiger partial charge in [0.25, 0.3) is 0 Å². The van der Waals surface area contributed by atoms with E-state index in [4.69, 9.17) is 0 Å². The molecule has 1 unspecified atom stereocenters. The van der Waals surface area contributed by atoms with Crippen molar-refractivity contribution in [2.24, 2.45) is 0 Å². The topological polar surface area (TPSA) is 41.3 Å². The number of aliphatic hydroxyl groups is 1. The first-order chi connectivity index (χ1) is 9.56. The fourth-order valence-electron chi connectivity index (χ4n) is 2.93. The van der Waals surface area contributed by atoms with Gasteiger partial charge >= 0.3 is 0 Å². The van der Waals surface area contributed by atoms with Crippen molar-refractivity contribution in [2.75, 3.05) is 19.6 Å². The van der Waals surface area contributed by atoms with Gasteiger partial charge in [-0.3, -0.25) is 4.68 Å². The minimum absolute atomic E-state index is 0.435. The van der Waals surface area contributed by atoms with E-state index >= 15 is 0 Å². The molecule has 1 aliphatic rings. The van der Waals surface area contributed by atoms with Crippen molar-refractivity contribution in [2.45, 2.75) is 64.5 Å². The van der Waals surface area contributed by atoms with Gasteiger partial charge in [0.15, 0.2) is 0 Å². The third-order valence-corrected chi connectivity index (χ3v) is 4.54. The predicted octanol–water partition coefficient (Wildman–Crippen LogP) is 2.63. The second kappa shape index (κ2) is 6.72. The highest BCUT2D eigenvalue weighted by molar-refractivity contribution is 5.05. The Morgan fingerprint density at radius 2 is 2.05 bits per heavy atom. The second-order valence-corrected chi connectivity index (χ2v) is 6.29. The summed E-state index contributed by atoms with van der Waals surface area (Å²) in [5.41, 5.74) is 0.468. The molecule has 0 bridgehead atoms. The predicted molar refractivity (Wildman–Crippen MR) is 81.8 cm³/mol. The van der Waals surface area contributed by atoms with Crippen molar-refractivity contribution in [3.05, 3.63) is 18.0 Å². The normalized spacial score (nSPS) is 21.0. The average Bonchev–Trinajstić information content (AvgIpc) is 2.89. The number of piperidine rings is 1. The zero-order valence-corrected chi connectivity index (χ0v) is 13.2. The monoisotopic (exact) mass is 279 g/mol. The van der Waals surface area contributed by atoms with Gasteiger partial charge in [0.1, 0.15) is 0 Å². The molecule has 4 heteroatoms. The van der Waals surface area contributed by atoms with Crippen molar-refractivity contribution < 1.29 is 5.11 Å². The molecule has 1 saturated heterocycles. The van der Waals surface area contributed by atoms with Crippen LogP contribution in [-0.4, -0.2) is 45.0 Å². The molecular formula is C16H29N3O. The molecule has 20 heavy (non-hydrogen) atoms. The molecule has 1 N–H and O–H groups in total. The maximum absolute atomic E-state index is 10.7. The number of likely N-dealkylation sites (tertiary alicyclic amines) is 1. The molecule has 1 aliphatic heterocycles. The van der Waals surface area contributed by atoms with Crippen LogP contribution >= 0.6 is 0 Å². The zero-order chi connectivity index (χ0) is 14.6. The Morgan fingerprint density at radius 3 is 2.65 bits per heavy atom. The minimum atomic E-state index is -0.557. The molecule has 0 amide bonds. The van der Waals surface area contributed by atoms with Crippen LogP contribution in [0.25, 0.3) is 0 Å². The number of hydrogen-bond acceptors (Lipinski definition) is 3. The van der Waals surface area contributed by atoms with Gasteiger partial charge in [0.2, 0.25) is 0 Å². The summed E-state index contributed by atoms with van der Waals surface area (Å²) < 4.78 is 2.02. The van der Waals surface area contributed by atoms with Crippen LogP contribution in [0.4, 0.5) is 0 Å². The molecule has 0 saturated carbocycles. The Bertz CT molecular complexity index is 408. The summed E-state index contributed by atoms with van der Waals surface area (Å²) >= 11 is 0. The standard InChI is InChI=1S/C16H29N3O/c1-4-9-18-11-7-16(20,8-12-18)13-15-6-10-19(17-15)14(3)5-2/h6,10,14,20H,4-5,7-9,11-13H2,1-3H3. The Balaban J connectivity index is 1.91. The van der Waals surface area contributed by atoms with Gasteiger partial charge in [-0.2, -0.15) is 5.10 Å². The summed E-state index contributed by atoms with van der Waals surface area (Å²) in [6.07, 6.45) is 6.73. The summed E-state index contributed by atoms with van der Waals surface area (Å²) in [5, 5.41) is 15.4. The van der Waals surface area contributed by atoms with Crippen LogP contribution in [0, 0.1) is 0 Å². The number of hydrogen-bond donors (Lipinski definition) is 1. The first-order valence-corrected chi connectivity index (χ1v) is 8.05. The SMILES string of the molecule is CCCN1CCC(O)(Cc2ccn(C(C)CC)n2)CC1. The lowest BCUT2D eigenvalue weighted by Crippen LogP contribution is -2.45. The maximum Gasteiger partial charge on any atom is 0.0728 e. The molecule has 4 nitrogen and oxygen atoms in total. The summed E-state index contributed by atoms with van der Waals surface area (Å²) in [5.74, 6) is 0. The van der Waals surface area contributed by atoms with Gasteiger partial charge in [-0.1, -0.05) is 13.8 Å². The molecule has 0 aliphatic carbocycles. The maximum atomic E-state index is 10.7. The third kappa shape index (κ3) is 3.83. The van der Waals surface area contributed by atoms with Crippen LogP contribution in [0.15, 0.2) is 12.3 Å². The Hall–Kier alpha value is -0.870. The van der Waals surface area contributed by atoms with E-state index in [9.17, 15) is 5.11 Å². The molecule has 1 fully saturated rings. The van der Waals surface area contributed by atoms with Gasteiger partial charge in [0.05, 0.1) is 11.3 Å². The minimum Gasteiger partial charge on any atom is -0.389 e. The van der Waals surface area contributed by atoms with E-state index in [1.165, 1.54) is 6.42 Å². The number of nitrogens with zero attached hydrogens (tertiary/aromatic N) is 3. The van der Waals surface area contributed by atoms with Crippen LogP contribution < -0.4 is 0 Å². The van der Waals surface area contributed by atoms with E-state index in [1.807, 2.05) is 10.9 Å². The van der Waals surface area contributed by atoms with Crippen LogP contribution in [0.2, 0.25) is 0 Å². The summed E-state index contributed by atoms with van der Waals surface area (Å²) in [4.78, 5) is 2.45. The number of rotatable bonds is 6. The number of aromatic nitrogens is 2. The van der Waals surface area contributed by atoms with Gasteiger partial charge in [-0.15, -0.1) is 0 Å². The summed E-state index contributed by atoms with van der Waals surface area (Å²) in [7, 11) is 0. The van der Waals surface area contributed by atoms with Gasteiger partial charge in [-0.05, 0) is 45.2 Å². The molecule has 2 rings (SSSR count). The van der Waals surface area contributed by atoms with Crippen LogP contribution in [0.1, 0.15) is 58.2 Å². The third-order valence-electron chi connectivity index (χ3n) is 4.54. The molecule has 1 atom stereocenters. The molecule has 114 valence electrons. The fraction of sp³-hybridized carbons (Fsp3) is 0.812. The quantitative estimate of drug-likeness (QED) is 0.870. The molecule has 2 heterocycles. The van der Waals surface area contributed by atoms with Gasteiger partial charge in [0, 0.05) is 31.7 Å². The van der Waals surface area contributed by atoms with Gasteiger partial charge < -0.3 is 10.0 Å². The molecular weight excluding hydrogens is 250 g/mol. The van der Waals surface area contributed by atoms with Gasteiger partial charge in [-0.25, -0.2) is 0 Å². The van der Waals surface area contributed by atoms with E-state index < -0.39 is 5.60 Å². The van der Waals surface area contributed by atoms with E-state index in [0.717, 1.165) is 44.6 Å². The Kier molecular flexibility index (Phi) is 5.22. The first-order valence-electron chi connectivity index (χ1n) is 8.05. The zero-order valence-electron chi connectivity index (χ0n) is 13.2. The highest BCUT2D eigenvalue weighted by Gasteiger charge is 2.32. The molecule has 0 aromatic carbocycles. The van der Waals surface area contributed by atoms with Crippen molar-refractivity contribution >= 4 is 0 Å². The van der Waals surface area contributed by atoms with E-state index in [2.05, 4.69) is 36.8 Å². The van der Waals surface area contributed by atoms with Crippen molar-refractivity contribution in [1.29, 1.82) is 0 Å². The van der Waals surface area contributed by atoms with Crippen LogP contribution in [-0.2, 0) is 6.42 Å². The summed E-state index contributed by atoms with van der Waals surface area (Å²) in [6, 6.07) is 2.49. The van der Waals surface area contributed by atoms with E-state index in [1.54, 1.807) is 0 Å². The molecule has 1 aromatic rings. The highest BCUT2D eigenvalue weighted by Crippen LogP contribution is 2.26. The van der Waals surface area contributed by atoms with E-state index in [-0.39, 0.29) is 0 Å². The van der Waals surface area contributed by atoms with Crippen molar-refractivity contribution in [1.82, 2.24) is 14.7 Å². The first kappa shape index (κ1) is 15.5. The Morgan fingerprint density at radius 1 is 1.35 bits per heavy atom. The average molecular weight is 279 g/mol. The fourth-order valence-corrected chi connectivity index (χ4v) is 2.93. The highest BCUT2D eigenvalue weighted by atomic mass is 16.3. The lowest BCUT2D eigenvalue weighted by atomic mass is 9.87. The second-order valence-electron chi connectivity index (χ2n) is 6.29. The van der Waals surface area contributed by atoms with Crippen molar-refractivity contribution in [3.8, 4) is 0 Å². The lowest BCUT2D eigenvalue weighted by Gasteiger charge is -2.37.